The van der Waals surface area contributed by atoms with Crippen molar-refractivity contribution < 1.29 is 0 Å². The zero-order valence-electron chi connectivity index (χ0n) is 14.1. The largest absolute Gasteiger partial charge is 0.295 e. The van der Waals surface area contributed by atoms with Gasteiger partial charge in [0.05, 0.1) is 5.69 Å². The number of aromatic nitrogens is 2. The van der Waals surface area contributed by atoms with Gasteiger partial charge in [-0.25, -0.2) is 4.68 Å². The monoisotopic (exact) mass is 300 g/mol. The highest BCUT2D eigenvalue weighted by Gasteiger charge is 2.07. The zero-order chi connectivity index (χ0) is 15.9. The van der Waals surface area contributed by atoms with E-state index >= 15 is 0 Å². The van der Waals surface area contributed by atoms with Crippen LogP contribution in [0.4, 0.5) is 0 Å². The van der Waals surface area contributed by atoms with Crippen molar-refractivity contribution in [3.63, 3.8) is 0 Å². The van der Waals surface area contributed by atoms with Gasteiger partial charge < -0.3 is 0 Å². The summed E-state index contributed by atoms with van der Waals surface area (Å²) >= 11 is 0. The molecular formula is C19H28N2O. The molecule has 0 spiro atoms. The third-order valence-electron chi connectivity index (χ3n) is 4.27. The average Bonchev–Trinajstić information content (AvgIpc) is 2.89. The molecule has 0 aliphatic heterocycles. The van der Waals surface area contributed by atoms with Gasteiger partial charge in [-0.05, 0) is 42.9 Å². The standard InChI is InChI=1S/C19H28N2O/c1-4-6-7-9-17-14-19(22)21(20-17)18-12-10-16(11-13-18)15(3)8-5-2/h10-15,20H,4-9H2,1-3H3. The highest BCUT2D eigenvalue weighted by Crippen LogP contribution is 2.21. The Hall–Kier alpha value is -1.77. The summed E-state index contributed by atoms with van der Waals surface area (Å²) in [5.74, 6) is 0.573. The van der Waals surface area contributed by atoms with E-state index in [1.165, 1.54) is 31.2 Å². The van der Waals surface area contributed by atoms with Crippen molar-refractivity contribution in [2.24, 2.45) is 0 Å². The molecule has 22 heavy (non-hydrogen) atoms. The van der Waals surface area contributed by atoms with Crippen molar-refractivity contribution in [2.45, 2.75) is 65.2 Å². The Bertz CT molecular complexity index is 622. The van der Waals surface area contributed by atoms with Gasteiger partial charge in [-0.15, -0.1) is 0 Å². The molecule has 0 amide bonds. The molecule has 2 rings (SSSR count). The highest BCUT2D eigenvalue weighted by molar-refractivity contribution is 5.35. The van der Waals surface area contributed by atoms with Crippen molar-refractivity contribution in [2.75, 3.05) is 0 Å². The lowest BCUT2D eigenvalue weighted by atomic mass is 9.96. The summed E-state index contributed by atoms with van der Waals surface area (Å²) in [7, 11) is 0. The van der Waals surface area contributed by atoms with Crippen LogP contribution < -0.4 is 5.56 Å². The Morgan fingerprint density at radius 3 is 2.45 bits per heavy atom. The molecule has 1 aromatic heterocycles. The van der Waals surface area contributed by atoms with Gasteiger partial charge in [0.2, 0.25) is 0 Å². The minimum atomic E-state index is 0.0286. The van der Waals surface area contributed by atoms with Crippen LogP contribution in [0.25, 0.3) is 5.69 Å². The maximum Gasteiger partial charge on any atom is 0.271 e. The molecule has 120 valence electrons. The number of H-pyrrole nitrogens is 1. The normalized spacial score (nSPS) is 12.5. The number of hydrogen-bond acceptors (Lipinski definition) is 1. The van der Waals surface area contributed by atoms with E-state index in [0.717, 1.165) is 24.2 Å². The van der Waals surface area contributed by atoms with Gasteiger partial charge in [-0.2, -0.15) is 0 Å². The first kappa shape index (κ1) is 16.6. The van der Waals surface area contributed by atoms with Crippen LogP contribution in [0.2, 0.25) is 0 Å². The van der Waals surface area contributed by atoms with Gasteiger partial charge in [0, 0.05) is 11.8 Å². The van der Waals surface area contributed by atoms with Crippen LogP contribution in [0.5, 0.6) is 0 Å². The van der Waals surface area contributed by atoms with Crippen LogP contribution in [0.3, 0.4) is 0 Å². The van der Waals surface area contributed by atoms with E-state index in [2.05, 4.69) is 38.0 Å². The summed E-state index contributed by atoms with van der Waals surface area (Å²) < 4.78 is 1.65. The number of aromatic amines is 1. The minimum Gasteiger partial charge on any atom is -0.295 e. The molecule has 1 aromatic carbocycles. The van der Waals surface area contributed by atoms with Crippen molar-refractivity contribution in [1.29, 1.82) is 0 Å². The Balaban J connectivity index is 2.13. The summed E-state index contributed by atoms with van der Waals surface area (Å²) in [6, 6.07) is 10.1. The Kier molecular flexibility index (Phi) is 6.05. The molecule has 3 heteroatoms. The first-order valence-electron chi connectivity index (χ1n) is 8.57. The maximum absolute atomic E-state index is 12.1. The fraction of sp³-hybridized carbons (Fsp3) is 0.526. The van der Waals surface area contributed by atoms with E-state index in [1.54, 1.807) is 10.7 Å². The molecule has 0 fully saturated rings. The second-order valence-electron chi connectivity index (χ2n) is 6.19. The highest BCUT2D eigenvalue weighted by atomic mass is 16.1. The van der Waals surface area contributed by atoms with Gasteiger partial charge in [0.1, 0.15) is 0 Å². The third-order valence-corrected chi connectivity index (χ3v) is 4.27. The second kappa shape index (κ2) is 8.02. The molecule has 0 bridgehead atoms. The van der Waals surface area contributed by atoms with E-state index in [1.807, 2.05) is 12.1 Å². The van der Waals surface area contributed by atoms with Gasteiger partial charge in [-0.1, -0.05) is 52.2 Å². The second-order valence-corrected chi connectivity index (χ2v) is 6.19. The number of unbranched alkanes of at least 4 members (excludes halogenated alkanes) is 2. The fourth-order valence-electron chi connectivity index (χ4n) is 2.88. The Morgan fingerprint density at radius 1 is 1.09 bits per heavy atom. The number of benzene rings is 1. The molecule has 0 radical (unpaired) electrons. The Morgan fingerprint density at radius 2 is 1.82 bits per heavy atom. The molecule has 2 aromatic rings. The van der Waals surface area contributed by atoms with Gasteiger partial charge >= 0.3 is 0 Å². The number of nitrogens with zero attached hydrogens (tertiary/aromatic N) is 1. The minimum absolute atomic E-state index is 0.0286. The first-order valence-corrected chi connectivity index (χ1v) is 8.57. The molecule has 1 heterocycles. The lowest BCUT2D eigenvalue weighted by molar-refractivity contribution is 0.664. The zero-order valence-corrected chi connectivity index (χ0v) is 14.1. The molecule has 0 saturated heterocycles. The number of aryl methyl sites for hydroxylation is 1. The summed E-state index contributed by atoms with van der Waals surface area (Å²) in [5.41, 5.74) is 3.32. The van der Waals surface area contributed by atoms with Crippen LogP contribution in [0.15, 0.2) is 35.1 Å². The number of nitrogens with one attached hydrogen (secondary N) is 1. The SMILES string of the molecule is CCCCCc1cc(=O)n(-c2ccc(C(C)CCC)cc2)[nH]1. The summed E-state index contributed by atoms with van der Waals surface area (Å²) in [6.45, 7) is 6.66. The summed E-state index contributed by atoms with van der Waals surface area (Å²) in [5, 5.41) is 3.23. The van der Waals surface area contributed by atoms with E-state index in [9.17, 15) is 4.79 Å². The van der Waals surface area contributed by atoms with Crippen molar-refractivity contribution in [1.82, 2.24) is 9.78 Å². The predicted octanol–water partition coefficient (Wildman–Crippen LogP) is 4.80. The predicted molar refractivity (Wildman–Crippen MR) is 92.9 cm³/mol. The van der Waals surface area contributed by atoms with E-state index in [4.69, 9.17) is 0 Å². The third kappa shape index (κ3) is 4.12. The smallest absolute Gasteiger partial charge is 0.271 e. The molecule has 0 aliphatic carbocycles. The number of hydrogen-bond donors (Lipinski definition) is 1. The maximum atomic E-state index is 12.1. The van der Waals surface area contributed by atoms with E-state index in [0.29, 0.717) is 5.92 Å². The van der Waals surface area contributed by atoms with Gasteiger partial charge in [0.25, 0.3) is 5.56 Å². The quantitative estimate of drug-likeness (QED) is 0.698. The van der Waals surface area contributed by atoms with Gasteiger partial charge in [0.15, 0.2) is 0 Å². The molecule has 0 aliphatic rings. The topological polar surface area (TPSA) is 37.8 Å². The van der Waals surface area contributed by atoms with Gasteiger partial charge in [-0.3, -0.25) is 9.89 Å². The van der Waals surface area contributed by atoms with E-state index < -0.39 is 0 Å². The first-order chi connectivity index (χ1) is 10.7. The van der Waals surface area contributed by atoms with Crippen molar-refractivity contribution >= 4 is 0 Å². The molecular weight excluding hydrogens is 272 g/mol. The van der Waals surface area contributed by atoms with Crippen LogP contribution in [-0.4, -0.2) is 9.78 Å². The molecule has 1 N–H and O–H groups in total. The van der Waals surface area contributed by atoms with Crippen LogP contribution in [-0.2, 0) is 6.42 Å². The van der Waals surface area contributed by atoms with E-state index in [-0.39, 0.29) is 5.56 Å². The summed E-state index contributed by atoms with van der Waals surface area (Å²) in [6.07, 6.45) is 6.87. The molecule has 1 unspecified atom stereocenters. The lowest BCUT2D eigenvalue weighted by Crippen LogP contribution is -2.13. The molecule has 0 saturated carbocycles. The summed E-state index contributed by atoms with van der Waals surface area (Å²) in [4.78, 5) is 12.1. The van der Waals surface area contributed by atoms with Crippen molar-refractivity contribution in [3.8, 4) is 5.69 Å². The fourth-order valence-corrected chi connectivity index (χ4v) is 2.88. The van der Waals surface area contributed by atoms with Crippen molar-refractivity contribution in [3.05, 3.63) is 51.9 Å². The van der Waals surface area contributed by atoms with Crippen LogP contribution in [0.1, 0.15) is 70.1 Å². The Labute approximate surface area is 133 Å². The lowest BCUT2D eigenvalue weighted by Gasteiger charge is -2.11. The average molecular weight is 300 g/mol. The van der Waals surface area contributed by atoms with Crippen LogP contribution in [0, 0.1) is 0 Å². The molecule has 1 atom stereocenters. The van der Waals surface area contributed by atoms with Crippen LogP contribution >= 0.6 is 0 Å². The number of rotatable bonds is 8. The molecule has 3 nitrogen and oxygen atoms in total.